The van der Waals surface area contributed by atoms with Gasteiger partial charge in [0.25, 0.3) is 17.5 Å². The molecule has 0 aromatic carbocycles. The van der Waals surface area contributed by atoms with Crippen LogP contribution >= 0.6 is 0 Å². The Labute approximate surface area is 116 Å². The van der Waals surface area contributed by atoms with Crippen LogP contribution in [0.15, 0.2) is 0 Å². The van der Waals surface area contributed by atoms with E-state index in [9.17, 15) is 14.4 Å². The summed E-state index contributed by atoms with van der Waals surface area (Å²) in [7, 11) is 8.28. The molecule has 2 rings (SSSR count). The summed E-state index contributed by atoms with van der Waals surface area (Å²) in [5, 5.41) is 0. The number of carbonyl (C=O) groups excluding carboxylic acids is 3. The maximum atomic E-state index is 12.6. The first-order valence-electron chi connectivity index (χ1n) is 5.91. The predicted molar refractivity (Wildman–Crippen MR) is 66.3 cm³/mol. The van der Waals surface area contributed by atoms with Crippen LogP contribution in [0.4, 0.5) is 9.59 Å². The summed E-state index contributed by atoms with van der Waals surface area (Å²) >= 11 is 0. The second-order valence-electron chi connectivity index (χ2n) is 4.77. The molecule has 20 heavy (non-hydrogen) atoms. The third-order valence-electron chi connectivity index (χ3n) is 4.15. The van der Waals surface area contributed by atoms with E-state index in [2.05, 4.69) is 0 Å². The third-order valence-corrected chi connectivity index (χ3v) is 4.15. The van der Waals surface area contributed by atoms with Crippen LogP contribution in [0.1, 0.15) is 0 Å². The average molecular weight is 286 g/mol. The zero-order valence-corrected chi connectivity index (χ0v) is 12.3. The van der Waals surface area contributed by atoms with E-state index < -0.39 is 29.5 Å². The van der Waals surface area contributed by atoms with Crippen molar-refractivity contribution in [1.29, 1.82) is 0 Å². The molecule has 0 bridgehead atoms. The fourth-order valence-electron chi connectivity index (χ4n) is 3.11. The Kier molecular flexibility index (Phi) is 2.95. The van der Waals surface area contributed by atoms with E-state index in [0.29, 0.717) is 0 Å². The molecule has 0 aliphatic carbocycles. The van der Waals surface area contributed by atoms with Crippen LogP contribution in [-0.4, -0.2) is 91.6 Å². The van der Waals surface area contributed by atoms with Gasteiger partial charge in [-0.1, -0.05) is 0 Å². The quantitative estimate of drug-likeness (QED) is 0.660. The van der Waals surface area contributed by atoms with Crippen molar-refractivity contribution in [1.82, 2.24) is 19.6 Å². The number of amides is 5. The van der Waals surface area contributed by atoms with Crippen molar-refractivity contribution < 1.29 is 23.9 Å². The molecule has 0 N–H and O–H groups in total. The SMILES string of the molecule is CO[C@@]12N(C)C(=O)N(C)C(=O)[C@]1(OC)N(C)C(=O)N2C. The number of hydrogen-bond acceptors (Lipinski definition) is 5. The van der Waals surface area contributed by atoms with Gasteiger partial charge in [0, 0.05) is 42.4 Å². The molecule has 2 aliphatic heterocycles. The molecule has 0 radical (unpaired) electrons. The van der Waals surface area contributed by atoms with Crippen LogP contribution in [0.25, 0.3) is 0 Å². The predicted octanol–water partition coefficient (Wildman–Crippen LogP) is -0.850. The standard InChI is InChI=1S/C11H18N4O5/c1-12-7(16)10(19-5)11(20-6,14(3)8(12)17)15(4)9(18)13(10)2/h1-6H3/t10-,11-/m1/s1. The van der Waals surface area contributed by atoms with Crippen molar-refractivity contribution in [2.45, 2.75) is 11.6 Å². The van der Waals surface area contributed by atoms with E-state index >= 15 is 0 Å². The van der Waals surface area contributed by atoms with E-state index in [1.807, 2.05) is 0 Å². The Balaban J connectivity index is 2.80. The highest BCUT2D eigenvalue weighted by atomic mass is 16.6. The molecule has 112 valence electrons. The summed E-state index contributed by atoms with van der Waals surface area (Å²) in [5.74, 6) is -2.32. The summed E-state index contributed by atoms with van der Waals surface area (Å²) < 4.78 is 10.9. The number of methoxy groups -OCH3 is 2. The molecular formula is C11H18N4O5. The second kappa shape index (κ2) is 4.06. The van der Waals surface area contributed by atoms with Gasteiger partial charge in [0.2, 0.25) is 0 Å². The van der Waals surface area contributed by atoms with Crippen molar-refractivity contribution in [2.24, 2.45) is 0 Å². The molecule has 2 fully saturated rings. The molecular weight excluding hydrogens is 268 g/mol. The van der Waals surface area contributed by atoms with Gasteiger partial charge in [-0.05, 0) is 0 Å². The van der Waals surface area contributed by atoms with Crippen molar-refractivity contribution in [2.75, 3.05) is 42.4 Å². The fraction of sp³-hybridized carbons (Fsp3) is 0.727. The van der Waals surface area contributed by atoms with Crippen LogP contribution < -0.4 is 0 Å². The van der Waals surface area contributed by atoms with E-state index in [4.69, 9.17) is 9.47 Å². The maximum Gasteiger partial charge on any atom is 0.330 e. The highest BCUT2D eigenvalue weighted by molar-refractivity contribution is 6.06. The van der Waals surface area contributed by atoms with Gasteiger partial charge in [0.05, 0.1) is 0 Å². The Bertz CT molecular complexity index is 497. The molecule has 5 amide bonds. The highest BCUT2D eigenvalue weighted by Crippen LogP contribution is 2.47. The first-order valence-corrected chi connectivity index (χ1v) is 5.91. The van der Waals surface area contributed by atoms with Gasteiger partial charge in [0.1, 0.15) is 0 Å². The Morgan fingerprint density at radius 2 is 1.30 bits per heavy atom. The molecule has 9 heteroatoms. The van der Waals surface area contributed by atoms with Gasteiger partial charge in [-0.3, -0.25) is 24.4 Å². The van der Waals surface area contributed by atoms with Crippen molar-refractivity contribution in [3.05, 3.63) is 0 Å². The summed E-state index contributed by atoms with van der Waals surface area (Å²) in [6.45, 7) is 0. The lowest BCUT2D eigenvalue weighted by atomic mass is 10.0. The van der Waals surface area contributed by atoms with Crippen molar-refractivity contribution in [3.8, 4) is 0 Å². The normalized spacial score (nSPS) is 34.2. The molecule has 2 heterocycles. The second-order valence-corrected chi connectivity index (χ2v) is 4.77. The van der Waals surface area contributed by atoms with E-state index in [1.54, 1.807) is 0 Å². The number of imide groups is 1. The van der Waals surface area contributed by atoms with Gasteiger partial charge in [-0.25, -0.2) is 9.59 Å². The smallest absolute Gasteiger partial charge is 0.330 e. The molecule has 0 spiro atoms. The van der Waals surface area contributed by atoms with Gasteiger partial charge < -0.3 is 9.47 Å². The molecule has 0 aromatic heterocycles. The monoisotopic (exact) mass is 286 g/mol. The summed E-state index contributed by atoms with van der Waals surface area (Å²) in [5.41, 5.74) is -1.76. The van der Waals surface area contributed by atoms with E-state index in [1.165, 1.54) is 52.2 Å². The Morgan fingerprint density at radius 1 is 0.800 bits per heavy atom. The lowest BCUT2D eigenvalue weighted by Gasteiger charge is -2.53. The van der Waals surface area contributed by atoms with E-state index in [0.717, 1.165) is 9.80 Å². The largest absolute Gasteiger partial charge is 0.345 e. The zero-order valence-electron chi connectivity index (χ0n) is 12.3. The van der Waals surface area contributed by atoms with E-state index in [-0.39, 0.29) is 0 Å². The van der Waals surface area contributed by atoms with Gasteiger partial charge in [-0.2, -0.15) is 0 Å². The molecule has 2 aliphatic rings. The lowest BCUT2D eigenvalue weighted by Crippen LogP contribution is -2.81. The topological polar surface area (TPSA) is 82.6 Å². The highest BCUT2D eigenvalue weighted by Gasteiger charge is 2.78. The minimum atomic E-state index is -1.76. The van der Waals surface area contributed by atoms with Crippen LogP contribution in [0.3, 0.4) is 0 Å². The maximum absolute atomic E-state index is 12.6. The summed E-state index contributed by atoms with van der Waals surface area (Å²) in [4.78, 5) is 41.5. The lowest BCUT2D eigenvalue weighted by molar-refractivity contribution is -0.297. The number of ether oxygens (including phenoxy) is 2. The van der Waals surface area contributed by atoms with Gasteiger partial charge in [0.15, 0.2) is 0 Å². The molecule has 2 atom stereocenters. The first kappa shape index (κ1) is 14.5. The zero-order chi connectivity index (χ0) is 15.5. The number of likely N-dealkylation sites (N-methyl/N-ethyl adjacent to an activating group) is 4. The van der Waals surface area contributed by atoms with Crippen LogP contribution in [0, 0.1) is 0 Å². The number of rotatable bonds is 2. The van der Waals surface area contributed by atoms with Crippen molar-refractivity contribution in [3.63, 3.8) is 0 Å². The number of hydrogen-bond donors (Lipinski definition) is 0. The van der Waals surface area contributed by atoms with Crippen LogP contribution in [0.5, 0.6) is 0 Å². The van der Waals surface area contributed by atoms with Gasteiger partial charge in [-0.15, -0.1) is 0 Å². The fourth-order valence-corrected chi connectivity index (χ4v) is 3.11. The first-order chi connectivity index (χ1) is 9.23. The molecule has 0 saturated carbocycles. The third kappa shape index (κ3) is 1.13. The summed E-state index contributed by atoms with van der Waals surface area (Å²) in [6.07, 6.45) is 0. The Hall–Kier alpha value is -1.87. The van der Waals surface area contributed by atoms with Crippen LogP contribution in [-0.2, 0) is 14.3 Å². The molecule has 2 saturated heterocycles. The number of carbonyl (C=O) groups is 3. The number of fused-ring (bicyclic) bond motifs is 1. The van der Waals surface area contributed by atoms with Gasteiger partial charge >= 0.3 is 12.1 Å². The minimum Gasteiger partial charge on any atom is -0.345 e. The average Bonchev–Trinajstić information content (AvgIpc) is 2.62. The Morgan fingerprint density at radius 3 is 1.75 bits per heavy atom. The number of nitrogens with zero attached hydrogens (tertiary/aromatic N) is 4. The van der Waals surface area contributed by atoms with Crippen LogP contribution in [0.2, 0.25) is 0 Å². The molecule has 9 nitrogen and oxygen atoms in total. The molecule has 0 aromatic rings. The summed E-state index contributed by atoms with van der Waals surface area (Å²) in [6, 6.07) is -1.07. The number of urea groups is 2. The molecule has 0 unspecified atom stereocenters. The van der Waals surface area contributed by atoms with Crippen molar-refractivity contribution >= 4 is 18.0 Å². The minimum absolute atomic E-state index is 0.489.